The number of amidine groups is 1. The second kappa shape index (κ2) is 4.84. The lowest BCUT2D eigenvalue weighted by Gasteiger charge is -2.17. The van der Waals surface area contributed by atoms with E-state index < -0.39 is 5.91 Å². The quantitative estimate of drug-likeness (QED) is 0.495. The van der Waals surface area contributed by atoms with E-state index in [-0.39, 0.29) is 6.42 Å². The molecule has 0 aromatic carbocycles. The Labute approximate surface area is 78.4 Å². The van der Waals surface area contributed by atoms with Crippen LogP contribution in [0.15, 0.2) is 4.99 Å². The highest BCUT2D eigenvalue weighted by molar-refractivity contribution is 5.98. The van der Waals surface area contributed by atoms with Gasteiger partial charge in [0.15, 0.2) is 0 Å². The Morgan fingerprint density at radius 2 is 1.85 bits per heavy atom. The maximum Gasteiger partial charge on any atom is 0.224 e. The van der Waals surface area contributed by atoms with Crippen LogP contribution in [0, 0.1) is 0 Å². The van der Waals surface area contributed by atoms with Crippen LogP contribution in [-0.2, 0) is 4.79 Å². The predicted octanol–water partition coefficient (Wildman–Crippen LogP) is 0.552. The van der Waals surface area contributed by atoms with Gasteiger partial charge in [0, 0.05) is 0 Å². The van der Waals surface area contributed by atoms with Crippen LogP contribution in [0.3, 0.4) is 0 Å². The van der Waals surface area contributed by atoms with Gasteiger partial charge in [-0.2, -0.15) is 0 Å². The summed E-state index contributed by atoms with van der Waals surface area (Å²) in [5.74, 6) is -0.0172. The molecule has 0 bridgehead atoms. The Kier molecular flexibility index (Phi) is 3.73. The van der Waals surface area contributed by atoms with E-state index in [4.69, 9.17) is 11.5 Å². The number of nitrogens with zero attached hydrogens (tertiary/aromatic N) is 1. The van der Waals surface area contributed by atoms with Gasteiger partial charge in [0.2, 0.25) is 5.91 Å². The molecule has 1 amide bonds. The summed E-state index contributed by atoms with van der Waals surface area (Å²) in [5.41, 5.74) is 10.6. The molecular formula is C9H17N3O. The van der Waals surface area contributed by atoms with Gasteiger partial charge in [0.05, 0.1) is 12.5 Å². The van der Waals surface area contributed by atoms with E-state index in [9.17, 15) is 4.79 Å². The zero-order valence-electron chi connectivity index (χ0n) is 7.83. The first-order valence-electron chi connectivity index (χ1n) is 4.79. The third-order valence-electron chi connectivity index (χ3n) is 2.28. The van der Waals surface area contributed by atoms with Gasteiger partial charge in [-0.3, -0.25) is 9.79 Å². The van der Waals surface area contributed by atoms with Crippen LogP contribution >= 0.6 is 0 Å². The summed E-state index contributed by atoms with van der Waals surface area (Å²) in [4.78, 5) is 14.8. The fourth-order valence-electron chi connectivity index (χ4n) is 1.67. The van der Waals surface area contributed by atoms with Gasteiger partial charge in [-0.05, 0) is 12.8 Å². The summed E-state index contributed by atoms with van der Waals surface area (Å²) in [7, 11) is 0. The molecule has 1 saturated carbocycles. The molecule has 0 aromatic rings. The molecule has 0 aromatic heterocycles. The van der Waals surface area contributed by atoms with Crippen molar-refractivity contribution in [3.63, 3.8) is 0 Å². The smallest absolute Gasteiger partial charge is 0.224 e. The van der Waals surface area contributed by atoms with Crippen molar-refractivity contribution in [2.24, 2.45) is 16.5 Å². The number of hydrogen-bond acceptors (Lipinski definition) is 2. The van der Waals surface area contributed by atoms with Gasteiger partial charge in [0.25, 0.3) is 0 Å². The van der Waals surface area contributed by atoms with Gasteiger partial charge < -0.3 is 11.5 Å². The second-order valence-corrected chi connectivity index (χ2v) is 3.56. The summed E-state index contributed by atoms with van der Waals surface area (Å²) in [5, 5.41) is 0. The van der Waals surface area contributed by atoms with Gasteiger partial charge >= 0.3 is 0 Å². The van der Waals surface area contributed by atoms with Gasteiger partial charge in [-0.15, -0.1) is 0 Å². The third kappa shape index (κ3) is 3.92. The maximum atomic E-state index is 10.5. The van der Waals surface area contributed by atoms with Crippen LogP contribution in [0.5, 0.6) is 0 Å². The molecule has 0 saturated heterocycles. The average Bonchev–Trinajstić information content (AvgIpc) is 2.04. The van der Waals surface area contributed by atoms with Crippen molar-refractivity contribution >= 4 is 11.7 Å². The summed E-state index contributed by atoms with van der Waals surface area (Å²) in [6.45, 7) is 0. The normalized spacial score (nSPS) is 20.2. The number of nitrogens with two attached hydrogens (primary N) is 2. The lowest BCUT2D eigenvalue weighted by Crippen LogP contribution is -2.24. The van der Waals surface area contributed by atoms with Crippen LogP contribution in [0.4, 0.5) is 0 Å². The monoisotopic (exact) mass is 183 g/mol. The maximum absolute atomic E-state index is 10.5. The van der Waals surface area contributed by atoms with Crippen molar-refractivity contribution in [3.05, 3.63) is 0 Å². The van der Waals surface area contributed by atoms with E-state index in [0.717, 1.165) is 12.8 Å². The predicted molar refractivity (Wildman–Crippen MR) is 52.3 cm³/mol. The SMILES string of the molecule is NC(=O)CC(N)=NC1CCCCC1. The molecular weight excluding hydrogens is 166 g/mol. The Morgan fingerprint density at radius 1 is 1.23 bits per heavy atom. The van der Waals surface area contributed by atoms with E-state index >= 15 is 0 Å². The standard InChI is InChI=1S/C9H17N3O/c10-8(6-9(11)13)12-7-4-2-1-3-5-7/h7H,1-6H2,(H2,10,12)(H2,11,13). The van der Waals surface area contributed by atoms with Gasteiger partial charge in [-0.25, -0.2) is 0 Å². The minimum atomic E-state index is -0.406. The summed E-state index contributed by atoms with van der Waals surface area (Å²) in [6.07, 6.45) is 6.02. The van der Waals surface area contributed by atoms with E-state index in [0.29, 0.717) is 11.9 Å². The first-order valence-corrected chi connectivity index (χ1v) is 4.79. The van der Waals surface area contributed by atoms with Crippen LogP contribution in [0.1, 0.15) is 38.5 Å². The van der Waals surface area contributed by atoms with Crippen molar-refractivity contribution in [3.8, 4) is 0 Å². The number of hydrogen-bond donors (Lipinski definition) is 2. The highest BCUT2D eigenvalue weighted by Gasteiger charge is 2.12. The molecule has 4 N–H and O–H groups in total. The molecule has 4 nitrogen and oxygen atoms in total. The second-order valence-electron chi connectivity index (χ2n) is 3.56. The van der Waals surface area contributed by atoms with Crippen LogP contribution in [0.2, 0.25) is 0 Å². The highest BCUT2D eigenvalue weighted by Crippen LogP contribution is 2.20. The summed E-state index contributed by atoms with van der Waals surface area (Å²) < 4.78 is 0. The first kappa shape index (κ1) is 10.0. The molecule has 4 heteroatoms. The van der Waals surface area contributed by atoms with E-state index in [2.05, 4.69) is 4.99 Å². The van der Waals surface area contributed by atoms with Crippen LogP contribution in [0.25, 0.3) is 0 Å². The lowest BCUT2D eigenvalue weighted by molar-refractivity contribution is -0.116. The van der Waals surface area contributed by atoms with Gasteiger partial charge in [0.1, 0.15) is 5.84 Å². The molecule has 0 unspecified atom stereocenters. The Hall–Kier alpha value is -1.06. The average molecular weight is 183 g/mol. The fraction of sp³-hybridized carbons (Fsp3) is 0.778. The third-order valence-corrected chi connectivity index (χ3v) is 2.28. The molecule has 0 aliphatic heterocycles. The molecule has 1 rings (SSSR count). The van der Waals surface area contributed by atoms with Gasteiger partial charge in [-0.1, -0.05) is 19.3 Å². The van der Waals surface area contributed by atoms with E-state index in [1.165, 1.54) is 19.3 Å². The molecule has 74 valence electrons. The minimum Gasteiger partial charge on any atom is -0.387 e. The molecule has 1 aliphatic carbocycles. The fourth-order valence-corrected chi connectivity index (χ4v) is 1.67. The molecule has 0 radical (unpaired) electrons. The molecule has 0 spiro atoms. The first-order chi connectivity index (χ1) is 6.18. The molecule has 1 fully saturated rings. The van der Waals surface area contributed by atoms with Crippen LogP contribution in [-0.4, -0.2) is 17.8 Å². The van der Waals surface area contributed by atoms with Crippen molar-refractivity contribution in [1.29, 1.82) is 0 Å². The lowest BCUT2D eigenvalue weighted by atomic mass is 9.96. The van der Waals surface area contributed by atoms with Crippen molar-refractivity contribution in [2.75, 3.05) is 0 Å². The number of carbonyl (C=O) groups is 1. The molecule has 1 aliphatic rings. The Bertz CT molecular complexity index is 207. The Balaban J connectivity index is 2.38. The summed E-state index contributed by atoms with van der Waals surface area (Å²) in [6, 6.07) is 0.327. The topological polar surface area (TPSA) is 81.5 Å². The zero-order valence-corrected chi connectivity index (χ0v) is 7.83. The number of aliphatic imine (C=N–C) groups is 1. The largest absolute Gasteiger partial charge is 0.387 e. The van der Waals surface area contributed by atoms with Crippen molar-refractivity contribution < 1.29 is 4.79 Å². The Morgan fingerprint density at radius 3 is 2.38 bits per heavy atom. The number of primary amides is 1. The minimum absolute atomic E-state index is 0.0938. The number of amides is 1. The van der Waals surface area contributed by atoms with Crippen LogP contribution < -0.4 is 11.5 Å². The molecule has 0 heterocycles. The summed E-state index contributed by atoms with van der Waals surface area (Å²) >= 11 is 0. The number of rotatable bonds is 3. The van der Waals surface area contributed by atoms with E-state index in [1.54, 1.807) is 0 Å². The molecule has 13 heavy (non-hydrogen) atoms. The highest BCUT2D eigenvalue weighted by atomic mass is 16.1. The molecule has 0 atom stereocenters. The van der Waals surface area contributed by atoms with Crippen molar-refractivity contribution in [2.45, 2.75) is 44.6 Å². The van der Waals surface area contributed by atoms with E-state index in [1.807, 2.05) is 0 Å². The zero-order chi connectivity index (χ0) is 9.68. The number of carbonyl (C=O) groups excluding carboxylic acids is 1. The van der Waals surface area contributed by atoms with Crippen molar-refractivity contribution in [1.82, 2.24) is 0 Å².